The van der Waals surface area contributed by atoms with Crippen molar-refractivity contribution in [2.24, 2.45) is 0 Å². The van der Waals surface area contributed by atoms with Gasteiger partial charge in [-0.15, -0.1) is 0 Å². The van der Waals surface area contributed by atoms with Gasteiger partial charge in [-0.1, -0.05) is 12.1 Å². The Kier molecular flexibility index (Phi) is 4.35. The fourth-order valence-corrected chi connectivity index (χ4v) is 1.98. The molecule has 0 aliphatic rings. The maximum Gasteiger partial charge on any atom is 0.588 e. The molecule has 1 aromatic heterocycles. The number of nitrogens with zero attached hydrogens (tertiary/aromatic N) is 2. The van der Waals surface area contributed by atoms with E-state index in [-0.39, 0.29) is 11.9 Å². The minimum Gasteiger partial charge on any atom is -0.239 e. The molecule has 20 heavy (non-hydrogen) atoms. The van der Waals surface area contributed by atoms with Gasteiger partial charge < -0.3 is 0 Å². The van der Waals surface area contributed by atoms with Crippen molar-refractivity contribution < 1.29 is 17.4 Å². The second-order valence-corrected chi connectivity index (χ2v) is 4.26. The van der Waals surface area contributed by atoms with Gasteiger partial charge in [-0.3, -0.25) is 0 Å². The average molecular weight is 300 g/mol. The van der Waals surface area contributed by atoms with Crippen LogP contribution in [-0.2, 0) is 22.2 Å². The highest BCUT2D eigenvalue weighted by Gasteiger charge is 2.31. The van der Waals surface area contributed by atoms with Crippen molar-refractivity contribution in [2.45, 2.75) is 12.2 Å². The number of aromatic nitrogens is 2. The third-order valence-corrected chi connectivity index (χ3v) is 2.91. The van der Waals surface area contributed by atoms with Crippen LogP contribution in [0.5, 0.6) is 0 Å². The minimum atomic E-state index is -4.39. The van der Waals surface area contributed by atoms with Gasteiger partial charge in [0.25, 0.3) is 0 Å². The number of hydrogen-bond acceptors (Lipinski definition) is 3. The molecule has 0 aliphatic carbocycles. The van der Waals surface area contributed by atoms with Crippen molar-refractivity contribution in [3.8, 4) is 0 Å². The second-order valence-electron chi connectivity index (χ2n) is 3.86. The van der Waals surface area contributed by atoms with Crippen LogP contribution in [-0.4, -0.2) is 9.97 Å². The molecule has 0 saturated heterocycles. The van der Waals surface area contributed by atoms with Gasteiger partial charge >= 0.3 is 18.0 Å². The minimum absolute atomic E-state index is 0.107. The summed E-state index contributed by atoms with van der Waals surface area (Å²) in [4.78, 5) is 7.99. The van der Waals surface area contributed by atoms with E-state index in [1.807, 2.05) is 0 Å². The molecule has 0 fully saturated rings. The van der Waals surface area contributed by atoms with Crippen molar-refractivity contribution in [2.75, 3.05) is 0 Å². The summed E-state index contributed by atoms with van der Waals surface area (Å²) in [6.45, 7) is 0. The van der Waals surface area contributed by atoms with Crippen LogP contribution in [0.1, 0.15) is 23.0 Å². The molecule has 0 spiro atoms. The molecule has 0 aliphatic heterocycles. The molecule has 0 amide bonds. The first-order valence-electron chi connectivity index (χ1n) is 5.51. The van der Waals surface area contributed by atoms with Gasteiger partial charge in [-0.05, 0) is 28.5 Å². The third kappa shape index (κ3) is 3.34. The van der Waals surface area contributed by atoms with E-state index in [0.29, 0.717) is 11.4 Å². The first-order chi connectivity index (χ1) is 9.52. The van der Waals surface area contributed by atoms with E-state index in [1.165, 1.54) is 24.5 Å². The van der Waals surface area contributed by atoms with Gasteiger partial charge in [0, 0.05) is 12.4 Å². The number of hydrogen-bond donors (Lipinski definition) is 1. The molecule has 0 radical (unpaired) electrons. The van der Waals surface area contributed by atoms with Crippen molar-refractivity contribution in [1.29, 1.82) is 0 Å². The van der Waals surface area contributed by atoms with Gasteiger partial charge in [0.1, 0.15) is 0 Å². The molecule has 0 saturated carbocycles. The lowest BCUT2D eigenvalue weighted by Gasteiger charge is -2.11. The van der Waals surface area contributed by atoms with Crippen LogP contribution in [0.3, 0.4) is 0 Å². The Hall–Kier alpha value is -1.93. The highest BCUT2D eigenvalue weighted by molar-refractivity contribution is 7.63. The quantitative estimate of drug-likeness (QED) is 0.697. The summed E-state index contributed by atoms with van der Waals surface area (Å²) in [7, 11) is 0. The number of benzene rings is 1. The summed E-state index contributed by atoms with van der Waals surface area (Å²) >= 11 is 0.107. The zero-order chi connectivity index (χ0) is 14.6. The van der Waals surface area contributed by atoms with Gasteiger partial charge in [0.15, 0.2) is 11.9 Å². The largest absolute Gasteiger partial charge is 0.588 e. The molecule has 1 heterocycles. The Morgan fingerprint density at radius 3 is 2.20 bits per heavy atom. The topological polar surface area (TPSA) is 54.9 Å². The first-order valence-corrected chi connectivity index (χ1v) is 6.25. The van der Waals surface area contributed by atoms with Crippen LogP contribution in [0.2, 0.25) is 0 Å². The van der Waals surface area contributed by atoms with Crippen LogP contribution in [0, 0.1) is 0 Å². The molecule has 2 aromatic rings. The molecular formula is C12H9F3N3OS+. The van der Waals surface area contributed by atoms with Crippen LogP contribution < -0.4 is 4.72 Å². The standard InChI is InChI=1S/C12H9F3N3OS/c13-12(14,15)9-4-2-8(3-5-9)10(18-20-19)11-16-6-1-7-17-11/h1-7,10H,(H,18,19)/q+1/t10-/m0/s1. The summed E-state index contributed by atoms with van der Waals surface area (Å²) in [5.74, 6) is 0.315. The molecule has 2 rings (SSSR count). The molecule has 1 atom stereocenters. The van der Waals surface area contributed by atoms with Crippen LogP contribution in [0.25, 0.3) is 0 Å². The Balaban J connectivity index is 2.33. The fraction of sp³-hybridized carbons (Fsp3) is 0.167. The van der Waals surface area contributed by atoms with Crippen LogP contribution in [0.4, 0.5) is 13.2 Å². The SMILES string of the molecule is O=[S+]N[C@@H](c1ccc(C(F)(F)F)cc1)c1ncccn1. The predicted molar refractivity (Wildman–Crippen MR) is 66.5 cm³/mol. The number of alkyl halides is 3. The molecule has 4 nitrogen and oxygen atoms in total. The second kappa shape index (κ2) is 6.02. The van der Waals surface area contributed by atoms with E-state index < -0.39 is 17.8 Å². The Labute approximate surface area is 116 Å². The van der Waals surface area contributed by atoms with E-state index >= 15 is 0 Å². The average Bonchev–Trinajstić information content (AvgIpc) is 2.45. The zero-order valence-electron chi connectivity index (χ0n) is 9.96. The molecule has 1 aromatic carbocycles. The molecule has 104 valence electrons. The lowest BCUT2D eigenvalue weighted by atomic mass is 10.0. The number of nitrogens with one attached hydrogen (secondary N) is 1. The molecule has 8 heteroatoms. The van der Waals surface area contributed by atoms with E-state index in [2.05, 4.69) is 14.7 Å². The maximum atomic E-state index is 12.5. The fourth-order valence-electron chi connectivity index (χ4n) is 1.64. The van der Waals surface area contributed by atoms with Gasteiger partial charge in [-0.25, -0.2) is 9.97 Å². The van der Waals surface area contributed by atoms with Crippen LogP contribution >= 0.6 is 0 Å². The Bertz CT molecular complexity index is 575. The summed E-state index contributed by atoms with van der Waals surface area (Å²) in [6, 6.07) is 5.46. The molecular weight excluding hydrogens is 291 g/mol. The summed E-state index contributed by atoms with van der Waals surface area (Å²) in [5, 5.41) is 0. The lowest BCUT2D eigenvalue weighted by Crippen LogP contribution is -2.20. The molecule has 0 bridgehead atoms. The molecule has 1 N–H and O–H groups in total. The normalized spacial score (nSPS) is 12.9. The monoisotopic (exact) mass is 300 g/mol. The number of halogens is 3. The van der Waals surface area contributed by atoms with Crippen molar-refractivity contribution in [3.63, 3.8) is 0 Å². The van der Waals surface area contributed by atoms with Crippen molar-refractivity contribution >= 4 is 11.9 Å². The number of rotatable bonds is 4. The summed E-state index contributed by atoms with van der Waals surface area (Å²) in [6.07, 6.45) is -1.40. The van der Waals surface area contributed by atoms with Crippen molar-refractivity contribution in [3.05, 3.63) is 59.7 Å². The van der Waals surface area contributed by atoms with Gasteiger partial charge in [0.05, 0.1) is 9.77 Å². The lowest BCUT2D eigenvalue weighted by molar-refractivity contribution is -0.137. The highest BCUT2D eigenvalue weighted by atomic mass is 32.2. The van der Waals surface area contributed by atoms with Crippen LogP contribution in [0.15, 0.2) is 42.7 Å². The van der Waals surface area contributed by atoms with E-state index in [1.54, 1.807) is 6.07 Å². The predicted octanol–water partition coefficient (Wildman–Crippen LogP) is 2.52. The van der Waals surface area contributed by atoms with E-state index in [0.717, 1.165) is 12.1 Å². The molecule has 0 unspecified atom stereocenters. The first kappa shape index (κ1) is 14.5. The Morgan fingerprint density at radius 2 is 1.70 bits per heavy atom. The van der Waals surface area contributed by atoms with E-state index in [9.17, 15) is 17.4 Å². The third-order valence-electron chi connectivity index (χ3n) is 2.58. The zero-order valence-corrected chi connectivity index (χ0v) is 10.8. The van der Waals surface area contributed by atoms with E-state index in [4.69, 9.17) is 0 Å². The Morgan fingerprint density at radius 1 is 1.10 bits per heavy atom. The maximum absolute atomic E-state index is 12.5. The van der Waals surface area contributed by atoms with Crippen molar-refractivity contribution in [1.82, 2.24) is 14.7 Å². The van der Waals surface area contributed by atoms with Gasteiger partial charge in [0.2, 0.25) is 0 Å². The summed E-state index contributed by atoms with van der Waals surface area (Å²) < 4.78 is 50.7. The summed E-state index contributed by atoms with van der Waals surface area (Å²) in [5.41, 5.74) is -0.267. The van der Waals surface area contributed by atoms with Gasteiger partial charge in [-0.2, -0.15) is 13.2 Å². The highest BCUT2D eigenvalue weighted by Crippen LogP contribution is 2.30. The smallest absolute Gasteiger partial charge is 0.239 e.